The largest absolute Gasteiger partial charge is 0.513 e. The van der Waals surface area contributed by atoms with Crippen molar-refractivity contribution in [2.24, 2.45) is 11.8 Å². The minimum atomic E-state index is -0.835. The number of fused-ring (bicyclic) bond motifs is 2. The van der Waals surface area contributed by atoms with Crippen molar-refractivity contribution in [3.05, 3.63) is 64.1 Å². The van der Waals surface area contributed by atoms with Crippen LogP contribution in [0.5, 0.6) is 0 Å². The molecule has 0 spiro atoms. The summed E-state index contributed by atoms with van der Waals surface area (Å²) in [4.78, 5) is 25.2. The van der Waals surface area contributed by atoms with Crippen LogP contribution in [0.4, 0.5) is 9.18 Å². The van der Waals surface area contributed by atoms with Crippen molar-refractivity contribution in [3.8, 4) is 11.1 Å². The molecule has 2 unspecified atom stereocenters. The van der Waals surface area contributed by atoms with Crippen LogP contribution in [0.15, 0.2) is 42.2 Å². The average molecular weight is 429 g/mol. The lowest BCUT2D eigenvalue weighted by Crippen LogP contribution is -2.24. The van der Waals surface area contributed by atoms with Gasteiger partial charge in [0, 0.05) is 22.4 Å². The fourth-order valence-electron chi connectivity index (χ4n) is 4.53. The normalized spacial score (nSPS) is 20.5. The fraction of sp³-hybridized carbons (Fsp3) is 0.333. The number of rotatable bonds is 4. The molecule has 0 heterocycles. The van der Waals surface area contributed by atoms with Crippen LogP contribution in [-0.2, 0) is 20.7 Å². The molecule has 0 aliphatic heterocycles. The topological polar surface area (TPSA) is 52.6 Å². The Morgan fingerprint density at radius 3 is 2.60 bits per heavy atom. The van der Waals surface area contributed by atoms with E-state index in [2.05, 4.69) is 4.74 Å². The van der Waals surface area contributed by atoms with Gasteiger partial charge in [0.2, 0.25) is 0 Å². The molecule has 0 amide bonds. The number of methoxy groups -OCH3 is 1. The van der Waals surface area contributed by atoms with Crippen LogP contribution >= 0.6 is 11.6 Å². The maximum Gasteiger partial charge on any atom is 0.513 e. The van der Waals surface area contributed by atoms with Gasteiger partial charge in [-0.25, -0.2) is 9.18 Å². The third kappa shape index (κ3) is 3.63. The molecule has 2 aliphatic rings. The van der Waals surface area contributed by atoms with Gasteiger partial charge in [0.25, 0.3) is 0 Å². The fourth-order valence-corrected chi connectivity index (χ4v) is 4.69. The second-order valence-electron chi connectivity index (χ2n) is 7.72. The molecule has 2 atom stereocenters. The summed E-state index contributed by atoms with van der Waals surface area (Å²) in [5.41, 5.74) is 3.07. The van der Waals surface area contributed by atoms with Gasteiger partial charge in [-0.3, -0.25) is 4.79 Å². The van der Waals surface area contributed by atoms with E-state index in [0.29, 0.717) is 45.9 Å². The molecule has 1 saturated carbocycles. The summed E-state index contributed by atoms with van der Waals surface area (Å²) >= 11 is 5.89. The van der Waals surface area contributed by atoms with Gasteiger partial charge in [-0.1, -0.05) is 30.7 Å². The predicted molar refractivity (Wildman–Crippen MR) is 112 cm³/mol. The molecule has 1 fully saturated rings. The van der Waals surface area contributed by atoms with Crippen molar-refractivity contribution >= 4 is 29.1 Å². The Morgan fingerprint density at radius 1 is 1.13 bits per heavy atom. The van der Waals surface area contributed by atoms with Crippen LogP contribution in [-0.4, -0.2) is 19.0 Å². The van der Waals surface area contributed by atoms with Gasteiger partial charge in [-0.2, -0.15) is 0 Å². The molecule has 0 N–H and O–H groups in total. The maximum atomic E-state index is 14.5. The van der Waals surface area contributed by atoms with Crippen molar-refractivity contribution in [2.45, 2.75) is 32.6 Å². The Hall–Kier alpha value is -2.66. The molecule has 2 aromatic carbocycles. The van der Waals surface area contributed by atoms with Gasteiger partial charge >= 0.3 is 6.16 Å². The number of carbonyl (C=O) groups is 2. The Morgan fingerprint density at radius 2 is 1.90 bits per heavy atom. The van der Waals surface area contributed by atoms with Gasteiger partial charge in [-0.05, 0) is 66.6 Å². The van der Waals surface area contributed by atoms with Crippen LogP contribution < -0.4 is 0 Å². The summed E-state index contributed by atoms with van der Waals surface area (Å²) in [6.07, 6.45) is 2.09. The highest BCUT2D eigenvalue weighted by atomic mass is 35.5. The minimum Gasteiger partial charge on any atom is -0.437 e. The van der Waals surface area contributed by atoms with Crippen molar-refractivity contribution in [1.29, 1.82) is 0 Å². The van der Waals surface area contributed by atoms with Gasteiger partial charge in [-0.15, -0.1) is 0 Å². The number of hydrogen-bond acceptors (Lipinski definition) is 4. The minimum absolute atomic E-state index is 0.00225. The standard InChI is InChI=1S/C24H22ClFO4/c1-3-13-4-5-14(18-9-8-17(25)12-20(18)26)11-19(13)21-22(27)15-6-7-16(10-15)23(21)30-24(28)29-2/h4-5,8-9,11-12,15-16H,3,6-7,10H2,1-2H3. The monoisotopic (exact) mass is 428 g/mol. The Bertz CT molecular complexity index is 1060. The molecule has 2 aliphatic carbocycles. The summed E-state index contributed by atoms with van der Waals surface area (Å²) < 4.78 is 24.7. The highest BCUT2D eigenvalue weighted by Gasteiger charge is 2.43. The van der Waals surface area contributed by atoms with Crippen LogP contribution in [0.1, 0.15) is 37.3 Å². The lowest BCUT2D eigenvalue weighted by atomic mass is 9.81. The zero-order valence-corrected chi connectivity index (χ0v) is 17.6. The van der Waals surface area contributed by atoms with Crippen LogP contribution in [0, 0.1) is 17.7 Å². The van der Waals surface area contributed by atoms with E-state index in [0.717, 1.165) is 18.4 Å². The van der Waals surface area contributed by atoms with E-state index < -0.39 is 12.0 Å². The second kappa shape index (κ2) is 8.23. The highest BCUT2D eigenvalue weighted by molar-refractivity contribution is 6.30. The van der Waals surface area contributed by atoms with E-state index in [1.165, 1.54) is 13.2 Å². The molecule has 6 heteroatoms. The first-order valence-electron chi connectivity index (χ1n) is 10.1. The molecule has 30 heavy (non-hydrogen) atoms. The first-order valence-corrected chi connectivity index (χ1v) is 10.4. The van der Waals surface area contributed by atoms with Crippen molar-refractivity contribution in [1.82, 2.24) is 0 Å². The van der Waals surface area contributed by atoms with Crippen LogP contribution in [0.3, 0.4) is 0 Å². The molecule has 2 bridgehead atoms. The molecule has 0 radical (unpaired) electrons. The first kappa shape index (κ1) is 20.6. The lowest BCUT2D eigenvalue weighted by Gasteiger charge is -2.26. The molecule has 156 valence electrons. The summed E-state index contributed by atoms with van der Waals surface area (Å²) in [5.74, 6) is -0.152. The molecule has 4 nitrogen and oxygen atoms in total. The van der Waals surface area contributed by atoms with Gasteiger partial charge in [0.15, 0.2) is 5.78 Å². The third-order valence-electron chi connectivity index (χ3n) is 6.03. The predicted octanol–water partition coefficient (Wildman–Crippen LogP) is 6.20. The average Bonchev–Trinajstić information content (AvgIpc) is 3.18. The number of ketones is 1. The number of Topliss-reactive ketones (excluding diaryl/α,β-unsaturated/α-hetero) is 1. The highest BCUT2D eigenvalue weighted by Crippen LogP contribution is 2.47. The summed E-state index contributed by atoms with van der Waals surface area (Å²) in [7, 11) is 1.24. The van der Waals surface area contributed by atoms with E-state index in [4.69, 9.17) is 16.3 Å². The third-order valence-corrected chi connectivity index (χ3v) is 6.26. The Balaban J connectivity index is 1.90. The van der Waals surface area contributed by atoms with Gasteiger partial charge in [0.1, 0.15) is 11.6 Å². The van der Waals surface area contributed by atoms with Crippen molar-refractivity contribution in [3.63, 3.8) is 0 Å². The molecule has 4 rings (SSSR count). The molecule has 0 aromatic heterocycles. The van der Waals surface area contributed by atoms with E-state index in [-0.39, 0.29) is 17.6 Å². The van der Waals surface area contributed by atoms with Gasteiger partial charge in [0.05, 0.1) is 12.7 Å². The van der Waals surface area contributed by atoms with E-state index in [1.807, 2.05) is 25.1 Å². The van der Waals surface area contributed by atoms with Crippen molar-refractivity contribution in [2.75, 3.05) is 7.11 Å². The number of carbonyl (C=O) groups excluding carboxylic acids is 2. The van der Waals surface area contributed by atoms with E-state index in [9.17, 15) is 14.0 Å². The zero-order valence-electron chi connectivity index (χ0n) is 16.8. The second-order valence-corrected chi connectivity index (χ2v) is 8.15. The quantitative estimate of drug-likeness (QED) is 0.544. The van der Waals surface area contributed by atoms with E-state index >= 15 is 0 Å². The number of aryl methyl sites for hydroxylation is 1. The SMILES string of the molecule is CCc1ccc(-c2ccc(Cl)cc2F)cc1C1=C(OC(=O)OC)C2CCC(C2)C1=O. The maximum absolute atomic E-state index is 14.5. The van der Waals surface area contributed by atoms with Gasteiger partial charge < -0.3 is 9.47 Å². The number of allylic oxidation sites excluding steroid dienone is 2. The van der Waals surface area contributed by atoms with Crippen LogP contribution in [0.2, 0.25) is 5.02 Å². The summed E-state index contributed by atoms with van der Waals surface area (Å²) in [6.45, 7) is 1.99. The first-order chi connectivity index (χ1) is 14.4. The number of hydrogen-bond donors (Lipinski definition) is 0. The Kier molecular flexibility index (Phi) is 5.65. The van der Waals surface area contributed by atoms with Crippen molar-refractivity contribution < 1.29 is 23.5 Å². The number of ether oxygens (including phenoxy) is 2. The van der Waals surface area contributed by atoms with E-state index in [1.54, 1.807) is 12.1 Å². The Labute approximate surface area is 179 Å². The molecule has 2 aromatic rings. The molecule has 0 saturated heterocycles. The summed E-state index contributed by atoms with van der Waals surface area (Å²) in [6, 6.07) is 10.0. The molecular weight excluding hydrogens is 407 g/mol. The zero-order chi connectivity index (χ0) is 21.4. The number of benzene rings is 2. The molecular formula is C24H22ClFO4. The lowest BCUT2D eigenvalue weighted by molar-refractivity contribution is -0.117. The number of halogens is 2. The summed E-state index contributed by atoms with van der Waals surface area (Å²) in [5, 5.41) is 0.317. The van der Waals surface area contributed by atoms with Crippen LogP contribution in [0.25, 0.3) is 16.7 Å². The smallest absolute Gasteiger partial charge is 0.437 e.